The molecule has 1 aliphatic rings. The molecule has 0 atom stereocenters. The number of alkyl halides is 3. The van der Waals surface area contributed by atoms with Gasteiger partial charge in [0, 0.05) is 44.4 Å². The summed E-state index contributed by atoms with van der Waals surface area (Å²) >= 11 is 0. The Balaban J connectivity index is 2.39. The summed E-state index contributed by atoms with van der Waals surface area (Å²) in [5, 5.41) is 2.88. The molecule has 0 aromatic heterocycles. The van der Waals surface area contributed by atoms with Crippen LogP contribution >= 0.6 is 0 Å². The molecule has 1 fully saturated rings. The highest BCUT2D eigenvalue weighted by atomic mass is 19.4. The van der Waals surface area contributed by atoms with E-state index in [0.29, 0.717) is 32.5 Å². The third-order valence-corrected chi connectivity index (χ3v) is 3.92. The number of hydrogen-bond donors (Lipinski definition) is 1. The van der Waals surface area contributed by atoms with Crippen molar-refractivity contribution in [3.05, 3.63) is 29.3 Å². The van der Waals surface area contributed by atoms with Crippen LogP contribution < -0.4 is 10.2 Å². The van der Waals surface area contributed by atoms with E-state index in [1.165, 1.54) is 22.9 Å². The first-order valence-electron chi connectivity index (χ1n) is 7.66. The van der Waals surface area contributed by atoms with Gasteiger partial charge in [0.1, 0.15) is 0 Å². The van der Waals surface area contributed by atoms with Crippen molar-refractivity contribution < 1.29 is 22.8 Å². The Bertz CT molecular complexity index is 631. The van der Waals surface area contributed by atoms with Crippen molar-refractivity contribution in [2.75, 3.05) is 38.6 Å². The quantitative estimate of drug-likeness (QED) is 0.891. The largest absolute Gasteiger partial charge is 0.416 e. The van der Waals surface area contributed by atoms with Crippen molar-refractivity contribution in [1.82, 2.24) is 10.2 Å². The van der Waals surface area contributed by atoms with Gasteiger partial charge in [0.2, 0.25) is 5.91 Å². The molecule has 0 aliphatic carbocycles. The molecule has 2 amide bonds. The minimum atomic E-state index is -4.59. The van der Waals surface area contributed by atoms with Gasteiger partial charge in [-0.15, -0.1) is 0 Å². The third-order valence-electron chi connectivity index (χ3n) is 3.92. The SMILES string of the molecule is CNCCN(C)C(=O)c1cc(N2CCCC2=O)cc(C(F)(F)F)c1. The van der Waals surface area contributed by atoms with Gasteiger partial charge in [0.05, 0.1) is 5.56 Å². The summed E-state index contributed by atoms with van der Waals surface area (Å²) < 4.78 is 39.5. The number of rotatable bonds is 5. The number of carbonyl (C=O) groups excluding carboxylic acids is 2. The lowest BCUT2D eigenvalue weighted by atomic mass is 10.1. The highest BCUT2D eigenvalue weighted by molar-refractivity contribution is 5.99. The second kappa shape index (κ2) is 7.21. The average molecular weight is 343 g/mol. The molecule has 0 spiro atoms. The molecule has 0 unspecified atom stereocenters. The Labute approximate surface area is 138 Å². The molecule has 0 saturated carbocycles. The van der Waals surface area contributed by atoms with Crippen molar-refractivity contribution in [1.29, 1.82) is 0 Å². The minimum Gasteiger partial charge on any atom is -0.340 e. The molecule has 0 radical (unpaired) electrons. The van der Waals surface area contributed by atoms with Crippen molar-refractivity contribution in [3.63, 3.8) is 0 Å². The van der Waals surface area contributed by atoms with Gasteiger partial charge in [0.25, 0.3) is 5.91 Å². The molecular weight excluding hydrogens is 323 g/mol. The van der Waals surface area contributed by atoms with Gasteiger partial charge in [-0.3, -0.25) is 9.59 Å². The second-order valence-electron chi connectivity index (χ2n) is 5.75. The zero-order valence-electron chi connectivity index (χ0n) is 13.6. The van der Waals surface area contributed by atoms with E-state index < -0.39 is 17.6 Å². The smallest absolute Gasteiger partial charge is 0.340 e. The van der Waals surface area contributed by atoms with E-state index in [4.69, 9.17) is 0 Å². The number of hydrogen-bond acceptors (Lipinski definition) is 3. The summed E-state index contributed by atoms with van der Waals surface area (Å²) in [6.07, 6.45) is -3.68. The van der Waals surface area contributed by atoms with Gasteiger partial charge in [-0.1, -0.05) is 0 Å². The topological polar surface area (TPSA) is 52.7 Å². The van der Waals surface area contributed by atoms with Crippen LogP contribution in [-0.2, 0) is 11.0 Å². The maximum Gasteiger partial charge on any atom is 0.416 e. The normalized spacial score (nSPS) is 15.0. The fourth-order valence-electron chi connectivity index (χ4n) is 2.58. The van der Waals surface area contributed by atoms with Crippen molar-refractivity contribution >= 4 is 17.5 Å². The first kappa shape index (κ1) is 18.3. The molecule has 1 aromatic carbocycles. The molecule has 132 valence electrons. The third kappa shape index (κ3) is 4.05. The van der Waals surface area contributed by atoms with E-state index in [-0.39, 0.29) is 17.2 Å². The maximum absolute atomic E-state index is 13.2. The zero-order valence-corrected chi connectivity index (χ0v) is 13.6. The molecule has 0 bridgehead atoms. The summed E-state index contributed by atoms with van der Waals surface area (Å²) in [5.74, 6) is -0.736. The van der Waals surface area contributed by atoms with Gasteiger partial charge in [0.15, 0.2) is 0 Å². The summed E-state index contributed by atoms with van der Waals surface area (Å²) in [5.41, 5.74) is -0.874. The number of halogens is 3. The van der Waals surface area contributed by atoms with Crippen LogP contribution in [0.4, 0.5) is 18.9 Å². The lowest BCUT2D eigenvalue weighted by Gasteiger charge is -2.21. The van der Waals surface area contributed by atoms with Gasteiger partial charge in [-0.05, 0) is 31.7 Å². The zero-order chi connectivity index (χ0) is 17.9. The molecular formula is C16H20F3N3O2. The number of likely N-dealkylation sites (N-methyl/N-ethyl adjacent to an activating group) is 2. The number of carbonyl (C=O) groups is 2. The standard InChI is InChI=1S/C16H20F3N3O2/c1-20-5-7-21(2)15(24)11-8-12(16(17,18)19)10-13(9-11)22-6-3-4-14(22)23/h8-10,20H,3-7H2,1-2H3. The second-order valence-corrected chi connectivity index (χ2v) is 5.75. The molecule has 24 heavy (non-hydrogen) atoms. The number of benzene rings is 1. The first-order chi connectivity index (χ1) is 11.2. The number of nitrogens with one attached hydrogen (secondary N) is 1. The van der Waals surface area contributed by atoms with E-state index >= 15 is 0 Å². The Morgan fingerprint density at radius 1 is 1.33 bits per heavy atom. The highest BCUT2D eigenvalue weighted by Gasteiger charge is 2.33. The Kier molecular flexibility index (Phi) is 5.48. The maximum atomic E-state index is 13.2. The Hall–Kier alpha value is -2.09. The van der Waals surface area contributed by atoms with Gasteiger partial charge in [-0.25, -0.2) is 0 Å². The van der Waals surface area contributed by atoms with Crippen LogP contribution in [0, 0.1) is 0 Å². The minimum absolute atomic E-state index is 0.0712. The lowest BCUT2D eigenvalue weighted by Crippen LogP contribution is -2.33. The Morgan fingerprint density at radius 2 is 2.04 bits per heavy atom. The van der Waals surface area contributed by atoms with Crippen LogP contribution in [0.15, 0.2) is 18.2 Å². The lowest BCUT2D eigenvalue weighted by molar-refractivity contribution is -0.137. The van der Waals surface area contributed by atoms with Crippen molar-refractivity contribution in [3.8, 4) is 0 Å². The van der Waals surface area contributed by atoms with E-state index in [9.17, 15) is 22.8 Å². The Morgan fingerprint density at radius 3 is 2.58 bits per heavy atom. The molecule has 1 N–H and O–H groups in total. The van der Waals surface area contributed by atoms with Gasteiger partial charge in [-0.2, -0.15) is 13.2 Å². The van der Waals surface area contributed by atoms with Crippen LogP contribution in [0.3, 0.4) is 0 Å². The molecule has 8 heteroatoms. The van der Waals surface area contributed by atoms with Crippen LogP contribution in [-0.4, -0.2) is 50.4 Å². The van der Waals surface area contributed by atoms with Crippen LogP contribution in [0.5, 0.6) is 0 Å². The summed E-state index contributed by atoms with van der Waals surface area (Å²) in [6, 6.07) is 3.12. The number of amides is 2. The average Bonchev–Trinajstić information content (AvgIpc) is 2.96. The summed E-state index contributed by atoms with van der Waals surface area (Å²) in [7, 11) is 3.25. The fraction of sp³-hybridized carbons (Fsp3) is 0.500. The molecule has 1 heterocycles. The molecule has 2 rings (SSSR count). The molecule has 1 aliphatic heterocycles. The molecule has 1 saturated heterocycles. The number of nitrogens with zero attached hydrogens (tertiary/aromatic N) is 2. The van der Waals surface area contributed by atoms with E-state index in [1.807, 2.05) is 0 Å². The predicted octanol–water partition coefficient (Wildman–Crippen LogP) is 2.12. The molecule has 5 nitrogen and oxygen atoms in total. The van der Waals surface area contributed by atoms with E-state index in [2.05, 4.69) is 5.32 Å². The monoisotopic (exact) mass is 343 g/mol. The van der Waals surface area contributed by atoms with Crippen LogP contribution in [0.1, 0.15) is 28.8 Å². The number of anilines is 1. The molecule has 1 aromatic rings. The van der Waals surface area contributed by atoms with Gasteiger partial charge >= 0.3 is 6.18 Å². The van der Waals surface area contributed by atoms with Crippen molar-refractivity contribution in [2.24, 2.45) is 0 Å². The first-order valence-corrected chi connectivity index (χ1v) is 7.66. The van der Waals surface area contributed by atoms with Crippen molar-refractivity contribution in [2.45, 2.75) is 19.0 Å². The van der Waals surface area contributed by atoms with E-state index in [1.54, 1.807) is 7.05 Å². The van der Waals surface area contributed by atoms with Gasteiger partial charge < -0.3 is 15.1 Å². The fourth-order valence-corrected chi connectivity index (χ4v) is 2.58. The predicted molar refractivity (Wildman–Crippen MR) is 83.9 cm³/mol. The highest BCUT2D eigenvalue weighted by Crippen LogP contribution is 2.34. The summed E-state index contributed by atoms with van der Waals surface area (Å²) in [4.78, 5) is 26.9. The van der Waals surface area contributed by atoms with Crippen LogP contribution in [0.25, 0.3) is 0 Å². The van der Waals surface area contributed by atoms with Crippen LogP contribution in [0.2, 0.25) is 0 Å². The summed E-state index contributed by atoms with van der Waals surface area (Å²) in [6.45, 7) is 1.26. The van der Waals surface area contributed by atoms with E-state index in [0.717, 1.165) is 12.1 Å².